The van der Waals surface area contributed by atoms with Crippen LogP contribution in [0, 0.1) is 5.92 Å². The van der Waals surface area contributed by atoms with E-state index in [1.54, 1.807) is 0 Å². The van der Waals surface area contributed by atoms with Gasteiger partial charge in [0.05, 0.1) is 6.61 Å². The van der Waals surface area contributed by atoms with Gasteiger partial charge in [-0.15, -0.1) is 0 Å². The van der Waals surface area contributed by atoms with E-state index < -0.39 is 0 Å². The first-order chi connectivity index (χ1) is 7.54. The fourth-order valence-corrected chi connectivity index (χ4v) is 1.74. The van der Waals surface area contributed by atoms with E-state index in [4.69, 9.17) is 10.5 Å². The molecule has 0 fully saturated rings. The van der Waals surface area contributed by atoms with Crippen molar-refractivity contribution in [3.05, 3.63) is 28.2 Å². The second-order valence-electron chi connectivity index (χ2n) is 4.30. The molecule has 2 nitrogen and oxygen atoms in total. The molecule has 16 heavy (non-hydrogen) atoms. The summed E-state index contributed by atoms with van der Waals surface area (Å²) >= 11 is 3.45. The Morgan fingerprint density at radius 2 is 2.06 bits per heavy atom. The maximum atomic E-state index is 5.92. The lowest BCUT2D eigenvalue weighted by Gasteiger charge is -2.16. The van der Waals surface area contributed by atoms with Crippen LogP contribution in [0.1, 0.15) is 38.8 Å². The molecule has 90 valence electrons. The number of halogens is 1. The van der Waals surface area contributed by atoms with Crippen LogP contribution in [0.25, 0.3) is 0 Å². The standard InChI is InChI=1S/C13H20BrNO/c1-4-9(2)8-16-13-6-5-11(14)7-12(13)10(3)15/h5-7,9-10H,4,8,15H2,1-3H3/t9?,10-/m1/s1. The molecule has 0 heterocycles. The lowest BCUT2D eigenvalue weighted by atomic mass is 10.1. The first-order valence-corrected chi connectivity index (χ1v) is 6.51. The third-order valence-corrected chi connectivity index (χ3v) is 3.18. The largest absolute Gasteiger partial charge is 0.493 e. The van der Waals surface area contributed by atoms with E-state index in [0.717, 1.165) is 28.8 Å². The zero-order valence-corrected chi connectivity index (χ0v) is 11.8. The molecular weight excluding hydrogens is 266 g/mol. The molecule has 0 aromatic heterocycles. The summed E-state index contributed by atoms with van der Waals surface area (Å²) in [5, 5.41) is 0. The Labute approximate surface area is 106 Å². The molecule has 0 amide bonds. The first-order valence-electron chi connectivity index (χ1n) is 5.72. The third kappa shape index (κ3) is 3.80. The number of nitrogens with two attached hydrogens (primary N) is 1. The molecule has 0 aliphatic rings. The smallest absolute Gasteiger partial charge is 0.124 e. The highest BCUT2D eigenvalue weighted by Crippen LogP contribution is 2.27. The molecule has 0 radical (unpaired) electrons. The topological polar surface area (TPSA) is 35.2 Å². The van der Waals surface area contributed by atoms with Crippen LogP contribution in [0.15, 0.2) is 22.7 Å². The minimum Gasteiger partial charge on any atom is -0.493 e. The molecule has 0 aliphatic carbocycles. The van der Waals surface area contributed by atoms with Crippen LogP contribution in [0.4, 0.5) is 0 Å². The Kier molecular flexibility index (Phi) is 5.29. The van der Waals surface area contributed by atoms with E-state index in [1.165, 1.54) is 0 Å². The third-order valence-electron chi connectivity index (χ3n) is 2.68. The molecule has 3 heteroatoms. The molecular formula is C13H20BrNO. The molecule has 0 bridgehead atoms. The van der Waals surface area contributed by atoms with Crippen molar-refractivity contribution in [2.45, 2.75) is 33.2 Å². The van der Waals surface area contributed by atoms with Crippen LogP contribution in [-0.4, -0.2) is 6.61 Å². The van der Waals surface area contributed by atoms with Gasteiger partial charge < -0.3 is 10.5 Å². The predicted octanol–water partition coefficient (Wildman–Crippen LogP) is 3.89. The summed E-state index contributed by atoms with van der Waals surface area (Å²) < 4.78 is 6.84. The van der Waals surface area contributed by atoms with Gasteiger partial charge in [0.2, 0.25) is 0 Å². The summed E-state index contributed by atoms with van der Waals surface area (Å²) in [5.41, 5.74) is 6.97. The zero-order valence-electron chi connectivity index (χ0n) is 10.2. The van der Waals surface area contributed by atoms with Gasteiger partial charge in [0.15, 0.2) is 0 Å². The van der Waals surface area contributed by atoms with Gasteiger partial charge >= 0.3 is 0 Å². The number of benzene rings is 1. The van der Waals surface area contributed by atoms with Gasteiger partial charge in [-0.05, 0) is 31.0 Å². The van der Waals surface area contributed by atoms with E-state index in [1.807, 2.05) is 25.1 Å². The fraction of sp³-hybridized carbons (Fsp3) is 0.538. The van der Waals surface area contributed by atoms with Gasteiger partial charge in [-0.25, -0.2) is 0 Å². The molecule has 1 unspecified atom stereocenters. The number of hydrogen-bond acceptors (Lipinski definition) is 2. The van der Waals surface area contributed by atoms with Crippen molar-refractivity contribution in [3.8, 4) is 5.75 Å². The lowest BCUT2D eigenvalue weighted by molar-refractivity contribution is 0.253. The summed E-state index contributed by atoms with van der Waals surface area (Å²) in [6.45, 7) is 7.07. The second kappa shape index (κ2) is 6.26. The Balaban J connectivity index is 2.78. The SMILES string of the molecule is CCC(C)COc1ccc(Br)cc1[C@@H](C)N. The van der Waals surface area contributed by atoms with Crippen molar-refractivity contribution in [1.29, 1.82) is 0 Å². The van der Waals surface area contributed by atoms with Crippen molar-refractivity contribution < 1.29 is 4.74 Å². The maximum absolute atomic E-state index is 5.92. The van der Waals surface area contributed by atoms with Crippen molar-refractivity contribution in [2.75, 3.05) is 6.61 Å². The summed E-state index contributed by atoms with van der Waals surface area (Å²) in [5.74, 6) is 1.48. The highest BCUT2D eigenvalue weighted by atomic mass is 79.9. The van der Waals surface area contributed by atoms with Crippen molar-refractivity contribution in [2.24, 2.45) is 11.7 Å². The number of rotatable bonds is 5. The molecule has 2 N–H and O–H groups in total. The monoisotopic (exact) mass is 285 g/mol. The van der Waals surface area contributed by atoms with E-state index in [2.05, 4.69) is 29.8 Å². The van der Waals surface area contributed by atoms with Gasteiger partial charge in [-0.2, -0.15) is 0 Å². The molecule has 0 aliphatic heterocycles. The van der Waals surface area contributed by atoms with E-state index >= 15 is 0 Å². The Morgan fingerprint density at radius 1 is 1.38 bits per heavy atom. The van der Waals surface area contributed by atoms with Gasteiger partial charge in [0.25, 0.3) is 0 Å². The number of ether oxygens (including phenoxy) is 1. The molecule has 1 aromatic rings. The molecule has 1 rings (SSSR count). The molecule has 1 aromatic carbocycles. The normalized spacial score (nSPS) is 14.6. The van der Waals surface area contributed by atoms with Crippen molar-refractivity contribution in [1.82, 2.24) is 0 Å². The summed E-state index contributed by atoms with van der Waals surface area (Å²) in [6, 6.07) is 5.98. The molecule has 0 spiro atoms. The Morgan fingerprint density at radius 3 is 2.62 bits per heavy atom. The van der Waals surface area contributed by atoms with Crippen molar-refractivity contribution in [3.63, 3.8) is 0 Å². The van der Waals surface area contributed by atoms with E-state index in [0.29, 0.717) is 5.92 Å². The second-order valence-corrected chi connectivity index (χ2v) is 5.21. The van der Waals surface area contributed by atoms with Crippen LogP contribution >= 0.6 is 15.9 Å². The highest BCUT2D eigenvalue weighted by molar-refractivity contribution is 9.10. The van der Waals surface area contributed by atoms with Gasteiger partial charge in [-0.3, -0.25) is 0 Å². The predicted molar refractivity (Wildman–Crippen MR) is 71.7 cm³/mol. The highest BCUT2D eigenvalue weighted by Gasteiger charge is 2.09. The minimum absolute atomic E-state index is 0.00978. The summed E-state index contributed by atoms with van der Waals surface area (Å²) in [4.78, 5) is 0. The van der Waals surface area contributed by atoms with Crippen LogP contribution in [-0.2, 0) is 0 Å². The maximum Gasteiger partial charge on any atom is 0.124 e. The minimum atomic E-state index is -0.00978. The summed E-state index contributed by atoms with van der Waals surface area (Å²) in [7, 11) is 0. The Hall–Kier alpha value is -0.540. The first kappa shape index (κ1) is 13.5. The molecule has 0 saturated heterocycles. The zero-order chi connectivity index (χ0) is 12.1. The average Bonchev–Trinajstić information content (AvgIpc) is 2.26. The van der Waals surface area contributed by atoms with Gasteiger partial charge in [-0.1, -0.05) is 36.2 Å². The van der Waals surface area contributed by atoms with Gasteiger partial charge in [0.1, 0.15) is 5.75 Å². The average molecular weight is 286 g/mol. The fourth-order valence-electron chi connectivity index (χ4n) is 1.36. The van der Waals surface area contributed by atoms with Gasteiger partial charge in [0, 0.05) is 16.1 Å². The lowest BCUT2D eigenvalue weighted by Crippen LogP contribution is -2.12. The van der Waals surface area contributed by atoms with Crippen LogP contribution in [0.3, 0.4) is 0 Å². The van der Waals surface area contributed by atoms with Crippen LogP contribution in [0.2, 0.25) is 0 Å². The quantitative estimate of drug-likeness (QED) is 0.891. The Bertz CT molecular complexity index is 339. The van der Waals surface area contributed by atoms with Crippen LogP contribution < -0.4 is 10.5 Å². The number of hydrogen-bond donors (Lipinski definition) is 1. The summed E-state index contributed by atoms with van der Waals surface area (Å²) in [6.07, 6.45) is 1.13. The van der Waals surface area contributed by atoms with E-state index in [-0.39, 0.29) is 6.04 Å². The van der Waals surface area contributed by atoms with Crippen LogP contribution in [0.5, 0.6) is 5.75 Å². The van der Waals surface area contributed by atoms with E-state index in [9.17, 15) is 0 Å². The molecule has 2 atom stereocenters. The van der Waals surface area contributed by atoms with Crippen molar-refractivity contribution >= 4 is 15.9 Å². The molecule has 0 saturated carbocycles.